The van der Waals surface area contributed by atoms with Gasteiger partial charge in [-0.15, -0.1) is 0 Å². The topological polar surface area (TPSA) is 70.4 Å². The molecule has 0 saturated carbocycles. The van der Waals surface area contributed by atoms with E-state index in [4.69, 9.17) is 9.47 Å². The van der Waals surface area contributed by atoms with E-state index in [1.54, 1.807) is 11.6 Å². The van der Waals surface area contributed by atoms with Crippen molar-refractivity contribution in [2.45, 2.75) is 52.5 Å². The Labute approximate surface area is 136 Å². The Kier molecular flexibility index (Phi) is 4.53. The number of esters is 1. The lowest BCUT2D eigenvalue weighted by Gasteiger charge is -2.39. The van der Waals surface area contributed by atoms with Crippen LogP contribution in [0.15, 0.2) is 0 Å². The quantitative estimate of drug-likeness (QED) is 0.793. The average Bonchev–Trinajstić information content (AvgIpc) is 2.86. The molecule has 1 fully saturated rings. The molecule has 6 nitrogen and oxygen atoms in total. The lowest BCUT2D eigenvalue weighted by molar-refractivity contribution is -0.144. The summed E-state index contributed by atoms with van der Waals surface area (Å²) in [7, 11) is 0. The molecule has 0 aromatic carbocycles. The van der Waals surface area contributed by atoms with Gasteiger partial charge >= 0.3 is 5.97 Å². The number of fused-ring (bicyclic) bond motifs is 1. The predicted molar refractivity (Wildman–Crippen MR) is 83.4 cm³/mol. The van der Waals surface area contributed by atoms with Gasteiger partial charge in [0.2, 0.25) is 0 Å². The maximum Gasteiger partial charge on any atom is 0.327 e. The van der Waals surface area contributed by atoms with Crippen molar-refractivity contribution >= 4 is 11.8 Å². The van der Waals surface area contributed by atoms with Crippen LogP contribution in [-0.2, 0) is 33.7 Å². The molecule has 3 rings (SSSR count). The fourth-order valence-corrected chi connectivity index (χ4v) is 3.77. The minimum Gasteiger partial charge on any atom is -0.465 e. The molecule has 0 atom stereocenters. The zero-order chi connectivity index (χ0) is 16.4. The summed E-state index contributed by atoms with van der Waals surface area (Å²) in [5, 5.41) is 4.52. The minimum atomic E-state index is -0.306. The number of carbonyl (C=O) groups is 2. The molecule has 1 aromatic heterocycles. The molecule has 2 aliphatic rings. The van der Waals surface area contributed by atoms with E-state index in [1.807, 2.05) is 6.92 Å². The minimum absolute atomic E-state index is 0.0280. The van der Waals surface area contributed by atoms with Crippen LogP contribution in [0.25, 0.3) is 0 Å². The summed E-state index contributed by atoms with van der Waals surface area (Å²) in [6.45, 7) is 5.61. The Morgan fingerprint density at radius 2 is 2.04 bits per heavy atom. The monoisotopic (exact) mass is 320 g/mol. The Morgan fingerprint density at radius 1 is 1.30 bits per heavy atom. The molecule has 0 unspecified atom stereocenters. The van der Waals surface area contributed by atoms with Crippen LogP contribution in [0.3, 0.4) is 0 Å². The largest absolute Gasteiger partial charge is 0.465 e. The van der Waals surface area contributed by atoms with Crippen LogP contribution in [0.2, 0.25) is 0 Å². The van der Waals surface area contributed by atoms with E-state index >= 15 is 0 Å². The molecule has 6 heteroatoms. The molecule has 1 aromatic rings. The highest BCUT2D eigenvalue weighted by atomic mass is 16.5. The third-order valence-electron chi connectivity index (χ3n) is 4.96. The maximum absolute atomic E-state index is 12.8. The summed E-state index contributed by atoms with van der Waals surface area (Å²) in [6.07, 6.45) is 3.85. The number of ether oxygens (including phenoxy) is 2. The normalized spacial score (nSPS) is 19.7. The molecule has 1 aliphatic carbocycles. The molecule has 1 saturated heterocycles. The summed E-state index contributed by atoms with van der Waals surface area (Å²) < 4.78 is 12.2. The number of Topliss-reactive ketones (excluding diaryl/α,β-unsaturated/α-hetero) is 1. The van der Waals surface area contributed by atoms with E-state index < -0.39 is 0 Å². The highest BCUT2D eigenvalue weighted by Crippen LogP contribution is 2.43. The number of carbonyl (C=O) groups excluding carboxylic acids is 2. The zero-order valence-electron chi connectivity index (χ0n) is 13.9. The van der Waals surface area contributed by atoms with Crippen LogP contribution >= 0.6 is 0 Å². The smallest absolute Gasteiger partial charge is 0.327 e. The van der Waals surface area contributed by atoms with Crippen molar-refractivity contribution in [1.82, 2.24) is 9.78 Å². The first kappa shape index (κ1) is 16.2. The Balaban J connectivity index is 1.95. The third kappa shape index (κ3) is 3.04. The predicted octanol–water partition coefficient (Wildman–Crippen LogP) is 1.93. The van der Waals surface area contributed by atoms with Crippen LogP contribution in [-0.4, -0.2) is 41.4 Å². The molecule has 0 N–H and O–H groups in total. The molecule has 0 radical (unpaired) electrons. The first-order valence-electron chi connectivity index (χ1n) is 8.43. The van der Waals surface area contributed by atoms with E-state index in [0.29, 0.717) is 32.7 Å². The van der Waals surface area contributed by atoms with Crippen molar-refractivity contribution in [3.05, 3.63) is 17.0 Å². The number of hydrogen-bond acceptors (Lipinski definition) is 5. The molecule has 1 aliphatic heterocycles. The first-order chi connectivity index (χ1) is 11.1. The lowest BCUT2D eigenvalue weighted by atomic mass is 9.68. The van der Waals surface area contributed by atoms with Crippen LogP contribution in [0.4, 0.5) is 0 Å². The van der Waals surface area contributed by atoms with E-state index in [1.165, 1.54) is 0 Å². The van der Waals surface area contributed by atoms with Gasteiger partial charge in [-0.25, -0.2) is 0 Å². The van der Waals surface area contributed by atoms with Crippen molar-refractivity contribution < 1.29 is 19.1 Å². The van der Waals surface area contributed by atoms with E-state index in [2.05, 4.69) is 5.10 Å². The molecule has 1 spiro atoms. The Morgan fingerprint density at radius 3 is 2.70 bits per heavy atom. The van der Waals surface area contributed by atoms with Crippen molar-refractivity contribution in [2.24, 2.45) is 5.41 Å². The summed E-state index contributed by atoms with van der Waals surface area (Å²) in [5.74, 6) is -0.139. The molecule has 0 bridgehead atoms. The fraction of sp³-hybridized carbons (Fsp3) is 0.706. The molecule has 2 heterocycles. The van der Waals surface area contributed by atoms with Crippen LogP contribution in [0, 0.1) is 5.41 Å². The average molecular weight is 320 g/mol. The van der Waals surface area contributed by atoms with Crippen LogP contribution in [0.5, 0.6) is 0 Å². The number of hydrogen-bond donors (Lipinski definition) is 0. The van der Waals surface area contributed by atoms with Gasteiger partial charge in [-0.2, -0.15) is 5.10 Å². The van der Waals surface area contributed by atoms with E-state index in [-0.39, 0.29) is 23.7 Å². The van der Waals surface area contributed by atoms with Gasteiger partial charge in [0.25, 0.3) is 0 Å². The molecule has 23 heavy (non-hydrogen) atoms. The third-order valence-corrected chi connectivity index (χ3v) is 4.96. The number of aryl methyl sites for hydroxylation is 1. The number of nitrogens with zero attached hydrogens (tertiary/aromatic N) is 2. The van der Waals surface area contributed by atoms with E-state index in [9.17, 15) is 9.59 Å². The number of ketones is 1. The standard InChI is InChI=1S/C17H24N2O4/c1-3-12-16-13(19(18-12)11-15(21)23-4-2)9-17(10-14(16)20)5-7-22-8-6-17/h3-11H2,1-2H3. The second-order valence-electron chi connectivity index (χ2n) is 6.47. The molecule has 0 amide bonds. The fourth-order valence-electron chi connectivity index (χ4n) is 3.77. The highest BCUT2D eigenvalue weighted by molar-refractivity contribution is 6.00. The van der Waals surface area contributed by atoms with Gasteiger partial charge in [0, 0.05) is 19.6 Å². The van der Waals surface area contributed by atoms with Gasteiger partial charge in [-0.3, -0.25) is 14.3 Å². The first-order valence-corrected chi connectivity index (χ1v) is 8.43. The summed E-state index contributed by atoms with van der Waals surface area (Å²) in [4.78, 5) is 24.6. The second-order valence-corrected chi connectivity index (χ2v) is 6.47. The number of rotatable bonds is 4. The van der Waals surface area contributed by atoms with Crippen molar-refractivity contribution in [3.8, 4) is 0 Å². The van der Waals surface area contributed by atoms with Crippen molar-refractivity contribution in [3.63, 3.8) is 0 Å². The summed E-state index contributed by atoms with van der Waals surface area (Å²) >= 11 is 0. The summed E-state index contributed by atoms with van der Waals surface area (Å²) in [5.41, 5.74) is 2.43. The van der Waals surface area contributed by atoms with Crippen molar-refractivity contribution in [2.75, 3.05) is 19.8 Å². The Hall–Kier alpha value is -1.69. The van der Waals surface area contributed by atoms with Gasteiger partial charge in [-0.05, 0) is 38.0 Å². The second kappa shape index (κ2) is 6.43. The SMILES string of the molecule is CCOC(=O)Cn1nc(CC)c2c1CC1(CCOCC1)CC2=O. The maximum atomic E-state index is 12.8. The van der Waals surface area contributed by atoms with Crippen LogP contribution in [0.1, 0.15) is 54.9 Å². The van der Waals surface area contributed by atoms with Gasteiger partial charge in [0.15, 0.2) is 5.78 Å². The summed E-state index contributed by atoms with van der Waals surface area (Å²) in [6, 6.07) is 0. The van der Waals surface area contributed by atoms with E-state index in [0.717, 1.165) is 36.2 Å². The van der Waals surface area contributed by atoms with Gasteiger partial charge in [0.05, 0.1) is 23.6 Å². The number of aromatic nitrogens is 2. The van der Waals surface area contributed by atoms with Crippen LogP contribution < -0.4 is 0 Å². The molecular formula is C17H24N2O4. The van der Waals surface area contributed by atoms with Gasteiger partial charge in [-0.1, -0.05) is 6.92 Å². The van der Waals surface area contributed by atoms with Gasteiger partial charge < -0.3 is 9.47 Å². The van der Waals surface area contributed by atoms with Gasteiger partial charge in [0.1, 0.15) is 6.54 Å². The highest BCUT2D eigenvalue weighted by Gasteiger charge is 2.42. The Bertz CT molecular complexity index is 614. The lowest BCUT2D eigenvalue weighted by Crippen LogP contribution is -2.38. The van der Waals surface area contributed by atoms with Crippen molar-refractivity contribution in [1.29, 1.82) is 0 Å². The molecule has 126 valence electrons. The molecular weight excluding hydrogens is 296 g/mol. The zero-order valence-corrected chi connectivity index (χ0v) is 13.9.